The lowest BCUT2D eigenvalue weighted by atomic mass is 10.2. The van der Waals surface area contributed by atoms with E-state index in [1.165, 1.54) is 0 Å². The van der Waals surface area contributed by atoms with Crippen LogP contribution in [0.15, 0.2) is 29.2 Å². The first-order valence-electron chi connectivity index (χ1n) is 5.01. The third kappa shape index (κ3) is 2.70. The Labute approximate surface area is 86.2 Å². The van der Waals surface area contributed by atoms with Crippen molar-refractivity contribution < 1.29 is 0 Å². The van der Waals surface area contributed by atoms with Gasteiger partial charge in [-0.05, 0) is 20.9 Å². The van der Waals surface area contributed by atoms with Crippen molar-refractivity contribution in [3.05, 3.63) is 24.2 Å². The predicted molar refractivity (Wildman–Crippen MR) is 61.2 cm³/mol. The van der Waals surface area contributed by atoms with Gasteiger partial charge in [0.25, 0.3) is 0 Å². The molecule has 0 amide bonds. The molecule has 3 heteroatoms. The molecular formula is C11H19N3. The maximum absolute atomic E-state index is 4.34. The summed E-state index contributed by atoms with van der Waals surface area (Å²) < 4.78 is 0. The second-order valence-corrected chi connectivity index (χ2v) is 3.72. The van der Waals surface area contributed by atoms with Gasteiger partial charge in [0, 0.05) is 25.2 Å². The van der Waals surface area contributed by atoms with Gasteiger partial charge < -0.3 is 10.2 Å². The topological polar surface area (TPSA) is 27.6 Å². The number of nitrogens with zero attached hydrogens (tertiary/aromatic N) is 2. The molecule has 1 aliphatic heterocycles. The first kappa shape index (κ1) is 11.0. The van der Waals surface area contributed by atoms with Gasteiger partial charge in [-0.2, -0.15) is 0 Å². The fourth-order valence-electron chi connectivity index (χ4n) is 1.36. The van der Waals surface area contributed by atoms with E-state index in [1.54, 1.807) is 0 Å². The largest absolute Gasteiger partial charge is 0.343 e. The van der Waals surface area contributed by atoms with Crippen LogP contribution in [0.3, 0.4) is 0 Å². The molecule has 78 valence electrons. The Morgan fingerprint density at radius 2 is 2.29 bits per heavy atom. The standard InChI is InChI=1S/C11H19N3/c1-9(2)14-8-11(5-6-12-4)13-7-10(14)3/h7-9,12H,3,5-6H2,1-2,4H3. The van der Waals surface area contributed by atoms with Crippen LogP contribution in [0, 0.1) is 0 Å². The molecule has 0 atom stereocenters. The number of hydrogen-bond acceptors (Lipinski definition) is 3. The SMILES string of the molecule is C=C1C=NC(CCNC)=CN1C(C)C. The molecule has 0 aromatic carbocycles. The van der Waals surface area contributed by atoms with Crippen molar-refractivity contribution in [3.8, 4) is 0 Å². The van der Waals surface area contributed by atoms with Gasteiger partial charge in [0.1, 0.15) is 0 Å². The van der Waals surface area contributed by atoms with Crippen LogP contribution in [-0.4, -0.2) is 30.7 Å². The molecule has 1 N–H and O–H groups in total. The smallest absolute Gasteiger partial charge is 0.0579 e. The van der Waals surface area contributed by atoms with Gasteiger partial charge in [-0.15, -0.1) is 0 Å². The van der Waals surface area contributed by atoms with Crippen molar-refractivity contribution in [1.29, 1.82) is 0 Å². The van der Waals surface area contributed by atoms with Crippen LogP contribution in [0.4, 0.5) is 0 Å². The molecule has 3 nitrogen and oxygen atoms in total. The van der Waals surface area contributed by atoms with E-state index in [4.69, 9.17) is 0 Å². The molecule has 0 unspecified atom stereocenters. The molecule has 0 bridgehead atoms. The highest BCUT2D eigenvalue weighted by molar-refractivity contribution is 5.79. The minimum Gasteiger partial charge on any atom is -0.343 e. The van der Waals surface area contributed by atoms with Crippen LogP contribution < -0.4 is 5.32 Å². The predicted octanol–water partition coefficient (Wildman–Crippen LogP) is 1.75. The van der Waals surface area contributed by atoms with Crippen molar-refractivity contribution >= 4 is 6.21 Å². The maximum Gasteiger partial charge on any atom is 0.0579 e. The summed E-state index contributed by atoms with van der Waals surface area (Å²) in [4.78, 5) is 6.49. The Hall–Kier alpha value is -1.09. The summed E-state index contributed by atoms with van der Waals surface area (Å²) in [6.45, 7) is 9.21. The van der Waals surface area contributed by atoms with Gasteiger partial charge in [-0.1, -0.05) is 6.58 Å². The van der Waals surface area contributed by atoms with Gasteiger partial charge >= 0.3 is 0 Å². The van der Waals surface area contributed by atoms with E-state index < -0.39 is 0 Å². The monoisotopic (exact) mass is 193 g/mol. The van der Waals surface area contributed by atoms with Crippen molar-refractivity contribution in [2.45, 2.75) is 26.3 Å². The van der Waals surface area contributed by atoms with Crippen LogP contribution >= 0.6 is 0 Å². The number of rotatable bonds is 4. The summed E-state index contributed by atoms with van der Waals surface area (Å²) >= 11 is 0. The molecule has 0 aliphatic carbocycles. The summed E-state index contributed by atoms with van der Waals surface area (Å²) in [7, 11) is 1.95. The van der Waals surface area contributed by atoms with Crippen molar-refractivity contribution in [2.24, 2.45) is 4.99 Å². The van der Waals surface area contributed by atoms with Gasteiger partial charge in [0.05, 0.1) is 17.6 Å². The first-order chi connectivity index (χ1) is 6.65. The molecule has 0 radical (unpaired) electrons. The Balaban J connectivity index is 2.65. The Morgan fingerprint density at radius 1 is 1.57 bits per heavy atom. The minimum absolute atomic E-state index is 0.443. The van der Waals surface area contributed by atoms with E-state index in [0.29, 0.717) is 6.04 Å². The normalized spacial score (nSPS) is 16.4. The van der Waals surface area contributed by atoms with E-state index in [2.05, 4.69) is 41.8 Å². The number of hydrogen-bond donors (Lipinski definition) is 1. The van der Waals surface area contributed by atoms with Crippen molar-refractivity contribution in [2.75, 3.05) is 13.6 Å². The summed E-state index contributed by atoms with van der Waals surface area (Å²) in [6.07, 6.45) is 4.89. The summed E-state index contributed by atoms with van der Waals surface area (Å²) in [5.74, 6) is 0. The van der Waals surface area contributed by atoms with E-state index in [9.17, 15) is 0 Å². The van der Waals surface area contributed by atoms with Gasteiger partial charge in [-0.3, -0.25) is 4.99 Å². The van der Waals surface area contributed by atoms with Gasteiger partial charge in [-0.25, -0.2) is 0 Å². The minimum atomic E-state index is 0.443. The molecule has 1 heterocycles. The highest BCUT2D eigenvalue weighted by atomic mass is 15.2. The zero-order valence-corrected chi connectivity index (χ0v) is 9.25. The fraction of sp³-hybridized carbons (Fsp3) is 0.545. The van der Waals surface area contributed by atoms with E-state index in [0.717, 1.165) is 24.4 Å². The van der Waals surface area contributed by atoms with Crippen LogP contribution in [0.5, 0.6) is 0 Å². The number of nitrogens with one attached hydrogen (secondary N) is 1. The molecule has 0 fully saturated rings. The third-order valence-corrected chi connectivity index (χ3v) is 2.19. The lowest BCUT2D eigenvalue weighted by Gasteiger charge is -2.28. The highest BCUT2D eigenvalue weighted by Crippen LogP contribution is 2.16. The molecule has 0 spiro atoms. The summed E-state index contributed by atoms with van der Waals surface area (Å²) in [5, 5.41) is 3.11. The quantitative estimate of drug-likeness (QED) is 0.736. The summed E-state index contributed by atoms with van der Waals surface area (Å²) in [6, 6.07) is 0.443. The maximum atomic E-state index is 4.34. The lowest BCUT2D eigenvalue weighted by molar-refractivity contribution is 0.396. The van der Waals surface area contributed by atoms with E-state index in [1.807, 2.05) is 13.3 Å². The fourth-order valence-corrected chi connectivity index (χ4v) is 1.36. The van der Waals surface area contributed by atoms with Crippen LogP contribution in [0.1, 0.15) is 20.3 Å². The van der Waals surface area contributed by atoms with Crippen molar-refractivity contribution in [3.63, 3.8) is 0 Å². The molecule has 1 rings (SSSR count). The molecule has 1 aliphatic rings. The molecule has 0 saturated heterocycles. The average Bonchev–Trinajstić information content (AvgIpc) is 2.16. The number of allylic oxidation sites excluding steroid dienone is 1. The van der Waals surface area contributed by atoms with Crippen LogP contribution in [-0.2, 0) is 0 Å². The zero-order valence-electron chi connectivity index (χ0n) is 9.25. The second-order valence-electron chi connectivity index (χ2n) is 3.72. The average molecular weight is 193 g/mol. The Bertz CT molecular complexity index is 264. The zero-order chi connectivity index (χ0) is 10.6. The Kier molecular flexibility index (Phi) is 3.89. The molecule has 0 aromatic rings. The second kappa shape index (κ2) is 4.96. The molecule has 0 aromatic heterocycles. The Morgan fingerprint density at radius 3 is 2.86 bits per heavy atom. The number of aliphatic imine (C=N–C) groups is 1. The van der Waals surface area contributed by atoms with Gasteiger partial charge in [0.15, 0.2) is 0 Å². The summed E-state index contributed by atoms with van der Waals surface area (Å²) in [5.41, 5.74) is 2.08. The first-order valence-corrected chi connectivity index (χ1v) is 5.01. The lowest BCUT2D eigenvalue weighted by Crippen LogP contribution is -2.27. The third-order valence-electron chi connectivity index (χ3n) is 2.19. The molecule has 0 saturated carbocycles. The van der Waals surface area contributed by atoms with E-state index in [-0.39, 0.29) is 0 Å². The van der Waals surface area contributed by atoms with Crippen LogP contribution in [0.2, 0.25) is 0 Å². The molecule has 14 heavy (non-hydrogen) atoms. The highest BCUT2D eigenvalue weighted by Gasteiger charge is 2.12. The van der Waals surface area contributed by atoms with Crippen molar-refractivity contribution in [1.82, 2.24) is 10.2 Å². The van der Waals surface area contributed by atoms with Crippen LogP contribution in [0.25, 0.3) is 0 Å². The van der Waals surface area contributed by atoms with E-state index >= 15 is 0 Å². The molecular weight excluding hydrogens is 174 g/mol. The van der Waals surface area contributed by atoms with Gasteiger partial charge in [0.2, 0.25) is 0 Å².